The Morgan fingerprint density at radius 3 is 2.46 bits per heavy atom. The van der Waals surface area contributed by atoms with Crippen molar-refractivity contribution in [2.45, 2.75) is 6.18 Å². The van der Waals surface area contributed by atoms with Crippen molar-refractivity contribution in [3.63, 3.8) is 0 Å². The van der Waals surface area contributed by atoms with Crippen molar-refractivity contribution in [3.05, 3.63) is 17.8 Å². The molecular formula is C7H5BF3NO. The fraction of sp³-hybridized carbons (Fsp3) is 0.286. The number of halogens is 3. The quantitative estimate of drug-likeness (QED) is 0.609. The van der Waals surface area contributed by atoms with E-state index < -0.39 is 17.3 Å². The van der Waals surface area contributed by atoms with Gasteiger partial charge in [-0.15, -0.1) is 0 Å². The van der Waals surface area contributed by atoms with Gasteiger partial charge in [0.1, 0.15) is 13.5 Å². The molecule has 0 aliphatic rings. The second-order valence-electron chi connectivity index (χ2n) is 2.29. The molecule has 2 radical (unpaired) electrons. The molecule has 0 saturated carbocycles. The predicted octanol–water partition coefficient (Wildman–Crippen LogP) is 0.903. The molecule has 2 nitrogen and oxygen atoms in total. The molecule has 1 aromatic heterocycles. The number of methoxy groups -OCH3 is 1. The molecule has 68 valence electrons. The molecule has 0 aliphatic heterocycles. The summed E-state index contributed by atoms with van der Waals surface area (Å²) in [6.45, 7) is 0. The summed E-state index contributed by atoms with van der Waals surface area (Å²) < 4.78 is 41.0. The SMILES string of the molecule is [B]c1ccc(OC)nc1C(F)(F)F. The lowest BCUT2D eigenvalue weighted by Gasteiger charge is -2.10. The summed E-state index contributed by atoms with van der Waals surface area (Å²) in [5.74, 6) is -0.110. The maximum Gasteiger partial charge on any atom is 0.432 e. The fourth-order valence-electron chi connectivity index (χ4n) is 0.793. The molecule has 0 unspecified atom stereocenters. The molecule has 6 heteroatoms. The van der Waals surface area contributed by atoms with Crippen LogP contribution in [0.4, 0.5) is 13.2 Å². The number of aromatic nitrogens is 1. The Hall–Kier alpha value is -1.20. The van der Waals surface area contributed by atoms with Crippen LogP contribution in [-0.4, -0.2) is 19.9 Å². The van der Waals surface area contributed by atoms with Crippen molar-refractivity contribution in [2.75, 3.05) is 7.11 Å². The minimum absolute atomic E-state index is 0.110. The fourth-order valence-corrected chi connectivity index (χ4v) is 0.793. The molecule has 0 spiro atoms. The molecule has 0 amide bonds. The largest absolute Gasteiger partial charge is 0.481 e. The van der Waals surface area contributed by atoms with Crippen LogP contribution in [0.5, 0.6) is 5.88 Å². The molecule has 1 heterocycles. The van der Waals surface area contributed by atoms with Crippen LogP contribution in [0.3, 0.4) is 0 Å². The third kappa shape index (κ3) is 2.14. The summed E-state index contributed by atoms with van der Waals surface area (Å²) in [7, 11) is 6.33. The lowest BCUT2D eigenvalue weighted by Crippen LogP contribution is -2.22. The molecule has 1 aromatic rings. The minimum atomic E-state index is -4.54. The number of ether oxygens (including phenoxy) is 1. The second-order valence-corrected chi connectivity index (χ2v) is 2.29. The van der Waals surface area contributed by atoms with E-state index in [-0.39, 0.29) is 5.88 Å². The molecule has 0 N–H and O–H groups in total. The van der Waals surface area contributed by atoms with Gasteiger partial charge in [-0.2, -0.15) is 13.2 Å². The van der Waals surface area contributed by atoms with Crippen LogP contribution in [0.25, 0.3) is 0 Å². The van der Waals surface area contributed by atoms with Crippen LogP contribution >= 0.6 is 0 Å². The van der Waals surface area contributed by atoms with Crippen LogP contribution in [0, 0.1) is 0 Å². The van der Waals surface area contributed by atoms with E-state index in [0.29, 0.717) is 0 Å². The van der Waals surface area contributed by atoms with E-state index in [0.717, 1.165) is 6.07 Å². The van der Waals surface area contributed by atoms with E-state index >= 15 is 0 Å². The van der Waals surface area contributed by atoms with Crippen molar-refractivity contribution in [1.29, 1.82) is 0 Å². The van der Waals surface area contributed by atoms with Crippen molar-refractivity contribution in [2.24, 2.45) is 0 Å². The molecule has 0 aliphatic carbocycles. The minimum Gasteiger partial charge on any atom is -0.481 e. The normalized spacial score (nSPS) is 11.4. The van der Waals surface area contributed by atoms with Crippen molar-refractivity contribution in [3.8, 4) is 5.88 Å². The van der Waals surface area contributed by atoms with E-state index in [1.54, 1.807) is 0 Å². The topological polar surface area (TPSA) is 22.1 Å². The first-order valence-corrected chi connectivity index (χ1v) is 3.33. The maximum atomic E-state index is 12.2. The van der Waals surface area contributed by atoms with Crippen LogP contribution in [-0.2, 0) is 6.18 Å². The predicted molar refractivity (Wildman–Crippen MR) is 41.2 cm³/mol. The molecule has 0 bridgehead atoms. The Labute approximate surface area is 74.1 Å². The summed E-state index contributed by atoms with van der Waals surface area (Å²) in [6, 6.07) is 2.37. The zero-order valence-corrected chi connectivity index (χ0v) is 6.72. The summed E-state index contributed by atoms with van der Waals surface area (Å²) in [5, 5.41) is 0. The molecule has 1 rings (SSSR count). The number of pyridine rings is 1. The van der Waals surface area contributed by atoms with Crippen molar-refractivity contribution >= 4 is 13.3 Å². The first-order chi connectivity index (χ1) is 5.95. The third-order valence-electron chi connectivity index (χ3n) is 1.38. The van der Waals surface area contributed by atoms with Crippen molar-refractivity contribution in [1.82, 2.24) is 4.98 Å². The highest BCUT2D eigenvalue weighted by Gasteiger charge is 2.34. The van der Waals surface area contributed by atoms with Gasteiger partial charge in [0, 0.05) is 0 Å². The van der Waals surface area contributed by atoms with E-state index in [4.69, 9.17) is 7.85 Å². The average Bonchev–Trinajstić information content (AvgIpc) is 2.03. The third-order valence-corrected chi connectivity index (χ3v) is 1.38. The summed E-state index contributed by atoms with van der Waals surface area (Å²) in [4.78, 5) is 3.19. The zero-order valence-electron chi connectivity index (χ0n) is 6.72. The van der Waals surface area contributed by atoms with Crippen LogP contribution in [0.2, 0.25) is 0 Å². The molecule has 0 atom stereocenters. The van der Waals surface area contributed by atoms with Gasteiger partial charge in [0.25, 0.3) is 0 Å². The van der Waals surface area contributed by atoms with E-state index in [9.17, 15) is 13.2 Å². The smallest absolute Gasteiger partial charge is 0.432 e. The lowest BCUT2D eigenvalue weighted by molar-refractivity contribution is -0.140. The van der Waals surface area contributed by atoms with E-state index in [2.05, 4.69) is 9.72 Å². The average molecular weight is 187 g/mol. The number of hydrogen-bond acceptors (Lipinski definition) is 2. The standard InChI is InChI=1S/C7H5BF3NO/c1-13-5-3-2-4(8)6(12-5)7(9,10)11/h2-3H,1H3. The first kappa shape index (κ1) is 9.89. The van der Waals surface area contributed by atoms with Crippen molar-refractivity contribution < 1.29 is 17.9 Å². The number of rotatable bonds is 1. The van der Waals surface area contributed by atoms with Gasteiger partial charge in [0.15, 0.2) is 0 Å². The highest BCUT2D eigenvalue weighted by Crippen LogP contribution is 2.26. The van der Waals surface area contributed by atoms with Gasteiger partial charge in [-0.3, -0.25) is 0 Å². The number of alkyl halides is 3. The van der Waals surface area contributed by atoms with Gasteiger partial charge in [0.2, 0.25) is 5.88 Å². The van der Waals surface area contributed by atoms with Gasteiger partial charge in [-0.05, 0) is 6.07 Å². The van der Waals surface area contributed by atoms with E-state index in [1.807, 2.05) is 0 Å². The molecule has 13 heavy (non-hydrogen) atoms. The van der Waals surface area contributed by atoms with Gasteiger partial charge >= 0.3 is 6.18 Å². The lowest BCUT2D eigenvalue weighted by atomic mass is 9.94. The molecule has 0 aromatic carbocycles. The summed E-state index contributed by atoms with van der Waals surface area (Å²) in [5.41, 5.74) is -1.53. The van der Waals surface area contributed by atoms with Crippen LogP contribution < -0.4 is 10.2 Å². The van der Waals surface area contributed by atoms with Crippen LogP contribution in [0.15, 0.2) is 12.1 Å². The van der Waals surface area contributed by atoms with Crippen LogP contribution in [0.1, 0.15) is 5.69 Å². The highest BCUT2D eigenvalue weighted by molar-refractivity contribution is 6.33. The molecular weight excluding hydrogens is 182 g/mol. The molecule has 0 saturated heterocycles. The maximum absolute atomic E-state index is 12.2. The Balaban J connectivity index is 3.19. The monoisotopic (exact) mass is 187 g/mol. The number of nitrogens with zero attached hydrogens (tertiary/aromatic N) is 1. The zero-order chi connectivity index (χ0) is 10.1. The van der Waals surface area contributed by atoms with Gasteiger partial charge < -0.3 is 4.74 Å². The first-order valence-electron chi connectivity index (χ1n) is 3.33. The van der Waals surface area contributed by atoms with Gasteiger partial charge in [0.05, 0.1) is 7.11 Å². The Bertz CT molecular complexity index is 313. The second kappa shape index (κ2) is 3.28. The summed E-state index contributed by atoms with van der Waals surface area (Å²) >= 11 is 0. The molecule has 0 fully saturated rings. The van der Waals surface area contributed by atoms with Gasteiger partial charge in [-0.25, -0.2) is 4.98 Å². The number of hydrogen-bond donors (Lipinski definition) is 0. The van der Waals surface area contributed by atoms with Gasteiger partial charge in [-0.1, -0.05) is 11.5 Å². The Kier molecular flexibility index (Phi) is 2.49. The highest BCUT2D eigenvalue weighted by atomic mass is 19.4. The Morgan fingerprint density at radius 2 is 2.00 bits per heavy atom. The summed E-state index contributed by atoms with van der Waals surface area (Å²) in [6.07, 6.45) is -4.54. The van der Waals surface area contributed by atoms with E-state index in [1.165, 1.54) is 13.2 Å². The Morgan fingerprint density at radius 1 is 1.38 bits per heavy atom.